The fourth-order valence-electron chi connectivity index (χ4n) is 3.95. The second kappa shape index (κ2) is 7.35. The summed E-state index contributed by atoms with van der Waals surface area (Å²) in [6, 6.07) is 14.4. The molecule has 2 aromatic heterocycles. The first-order valence-corrected chi connectivity index (χ1v) is 11.0. The molecule has 0 spiro atoms. The van der Waals surface area contributed by atoms with Crippen LogP contribution in [-0.4, -0.2) is 26.5 Å². The van der Waals surface area contributed by atoms with E-state index in [9.17, 15) is 14.7 Å². The third kappa shape index (κ3) is 3.51. The molecule has 1 aliphatic carbocycles. The highest BCUT2D eigenvalue weighted by Crippen LogP contribution is 2.37. The Kier molecular flexibility index (Phi) is 4.63. The molecular weight excluding hydrogens is 410 g/mol. The molecule has 0 radical (unpaired) electrons. The molecule has 156 valence electrons. The van der Waals surface area contributed by atoms with E-state index >= 15 is 0 Å². The number of rotatable bonds is 5. The number of aromatic nitrogens is 2. The summed E-state index contributed by atoms with van der Waals surface area (Å²) >= 11 is 1.42. The van der Waals surface area contributed by atoms with Crippen LogP contribution < -0.4 is 5.73 Å². The molecule has 1 unspecified atom stereocenters. The number of carbonyl (C=O) groups is 2. The molecule has 31 heavy (non-hydrogen) atoms. The number of fused-ring (bicyclic) bond motifs is 1. The second-order valence-corrected chi connectivity index (χ2v) is 9.19. The van der Waals surface area contributed by atoms with Crippen molar-refractivity contribution in [2.75, 3.05) is 0 Å². The van der Waals surface area contributed by atoms with Gasteiger partial charge in [-0.1, -0.05) is 18.2 Å². The summed E-state index contributed by atoms with van der Waals surface area (Å²) in [5.41, 5.74) is 8.90. The number of nitrogens with two attached hydrogens (primary N) is 1. The van der Waals surface area contributed by atoms with E-state index in [1.807, 2.05) is 37.4 Å². The van der Waals surface area contributed by atoms with Crippen molar-refractivity contribution in [2.24, 2.45) is 11.7 Å². The fraction of sp³-hybridized carbons (Fsp3) is 0.208. The molecule has 0 saturated heterocycles. The zero-order valence-electron chi connectivity index (χ0n) is 16.9. The molecule has 3 N–H and O–H groups in total. The zero-order chi connectivity index (χ0) is 21.7. The Hall–Kier alpha value is -3.45. The number of phenols is 1. The summed E-state index contributed by atoms with van der Waals surface area (Å²) in [6.45, 7) is 1.96. The van der Waals surface area contributed by atoms with Crippen LogP contribution in [0.2, 0.25) is 0 Å². The van der Waals surface area contributed by atoms with Crippen LogP contribution in [0.25, 0.3) is 22.2 Å². The van der Waals surface area contributed by atoms with Gasteiger partial charge in [0.2, 0.25) is 11.8 Å². The van der Waals surface area contributed by atoms with E-state index < -0.39 is 11.8 Å². The summed E-state index contributed by atoms with van der Waals surface area (Å²) in [5.74, 6) is -0.859. The van der Waals surface area contributed by atoms with Gasteiger partial charge >= 0.3 is 0 Å². The fourth-order valence-corrected chi connectivity index (χ4v) is 5.03. The van der Waals surface area contributed by atoms with Crippen LogP contribution in [0, 0.1) is 12.8 Å². The van der Waals surface area contributed by atoms with Gasteiger partial charge in [-0.15, -0.1) is 11.3 Å². The largest absolute Gasteiger partial charge is 0.508 e. The number of primary amides is 1. The van der Waals surface area contributed by atoms with Gasteiger partial charge in [-0.25, -0.2) is 4.98 Å². The normalized spacial score (nSPS) is 14.6. The average molecular weight is 432 g/mol. The maximum absolute atomic E-state index is 12.5. The predicted octanol–water partition coefficient (Wildman–Crippen LogP) is 4.45. The molecular formula is C24H21N3O3S. The third-order valence-electron chi connectivity index (χ3n) is 5.68. The molecule has 1 fully saturated rings. The van der Waals surface area contributed by atoms with Crippen LogP contribution in [0.5, 0.6) is 5.75 Å². The molecule has 5 rings (SSSR count). The van der Waals surface area contributed by atoms with Gasteiger partial charge in [-0.3, -0.25) is 14.2 Å². The Morgan fingerprint density at radius 1 is 1.19 bits per heavy atom. The lowest BCUT2D eigenvalue weighted by atomic mass is 9.99. The van der Waals surface area contributed by atoms with Gasteiger partial charge in [0.05, 0.1) is 11.2 Å². The first kappa shape index (κ1) is 19.5. The van der Waals surface area contributed by atoms with Crippen molar-refractivity contribution in [1.29, 1.82) is 0 Å². The van der Waals surface area contributed by atoms with Crippen molar-refractivity contribution >= 4 is 34.1 Å². The van der Waals surface area contributed by atoms with Gasteiger partial charge < -0.3 is 10.8 Å². The molecule has 1 saturated carbocycles. The Labute approximate surface area is 183 Å². The van der Waals surface area contributed by atoms with Crippen LogP contribution in [0.15, 0.2) is 54.7 Å². The number of benzene rings is 2. The minimum absolute atomic E-state index is 0.0768. The van der Waals surface area contributed by atoms with Gasteiger partial charge in [0.15, 0.2) is 0 Å². The van der Waals surface area contributed by atoms with Gasteiger partial charge in [0.1, 0.15) is 16.7 Å². The average Bonchev–Trinajstić information content (AvgIpc) is 3.40. The van der Waals surface area contributed by atoms with E-state index in [2.05, 4.69) is 0 Å². The summed E-state index contributed by atoms with van der Waals surface area (Å²) in [5, 5.41) is 11.4. The molecule has 6 nitrogen and oxygen atoms in total. The Morgan fingerprint density at radius 2 is 2.00 bits per heavy atom. The Bertz CT molecular complexity index is 1330. The van der Waals surface area contributed by atoms with Crippen LogP contribution in [-0.2, 0) is 4.79 Å². The minimum atomic E-state index is -0.731. The summed E-state index contributed by atoms with van der Waals surface area (Å²) < 4.78 is 1.74. The summed E-state index contributed by atoms with van der Waals surface area (Å²) in [6.07, 6.45) is 3.77. The number of hydrogen-bond donors (Lipinski definition) is 2. The molecule has 2 aromatic carbocycles. The molecule has 0 aliphatic heterocycles. The van der Waals surface area contributed by atoms with Crippen LogP contribution in [0.1, 0.15) is 39.0 Å². The maximum atomic E-state index is 12.5. The molecule has 1 amide bonds. The molecule has 1 atom stereocenters. The number of nitrogens with zero attached hydrogens (tertiary/aromatic N) is 2. The number of hydrogen-bond acceptors (Lipinski definition) is 5. The summed E-state index contributed by atoms with van der Waals surface area (Å²) in [7, 11) is 0. The number of aryl methyl sites for hydroxylation is 1. The summed E-state index contributed by atoms with van der Waals surface area (Å²) in [4.78, 5) is 30.4. The maximum Gasteiger partial charge on any atom is 0.234 e. The molecule has 4 aromatic rings. The van der Waals surface area contributed by atoms with Gasteiger partial charge in [-0.05, 0) is 55.7 Å². The van der Waals surface area contributed by atoms with E-state index in [0.717, 1.165) is 39.9 Å². The standard InChI is InChI=1S/C24H21N3O3S/c1-13-21(26-23(31-13)20(22(25)29)16-3-2-4-18(28)12-16)17-7-8-19-15(11-17)9-10-27(19)24(30)14-5-6-14/h2-4,7-12,14,20,28H,5-6H2,1H3,(H2,25,29). The van der Waals surface area contributed by atoms with Crippen molar-refractivity contribution in [1.82, 2.24) is 9.55 Å². The first-order chi connectivity index (χ1) is 14.9. The van der Waals surface area contributed by atoms with Crippen LogP contribution >= 0.6 is 11.3 Å². The van der Waals surface area contributed by atoms with Crippen molar-refractivity contribution in [3.05, 3.63) is 70.2 Å². The van der Waals surface area contributed by atoms with Crippen molar-refractivity contribution < 1.29 is 14.7 Å². The second-order valence-electron chi connectivity index (χ2n) is 7.96. The lowest BCUT2D eigenvalue weighted by molar-refractivity contribution is -0.118. The van der Waals surface area contributed by atoms with E-state index in [1.165, 1.54) is 17.4 Å². The highest BCUT2D eigenvalue weighted by Gasteiger charge is 2.31. The quantitative estimate of drug-likeness (QED) is 0.488. The molecule has 1 aliphatic rings. The minimum Gasteiger partial charge on any atom is -0.508 e. The lowest BCUT2D eigenvalue weighted by Gasteiger charge is -2.11. The Morgan fingerprint density at radius 3 is 2.71 bits per heavy atom. The van der Waals surface area contributed by atoms with E-state index in [0.29, 0.717) is 10.6 Å². The number of carbonyl (C=O) groups excluding carboxylic acids is 2. The molecule has 2 heterocycles. The number of phenolic OH excluding ortho intramolecular Hbond substituents is 1. The first-order valence-electron chi connectivity index (χ1n) is 10.1. The van der Waals surface area contributed by atoms with E-state index in [4.69, 9.17) is 10.7 Å². The third-order valence-corrected chi connectivity index (χ3v) is 6.71. The highest BCUT2D eigenvalue weighted by atomic mass is 32.1. The monoisotopic (exact) mass is 431 g/mol. The zero-order valence-corrected chi connectivity index (χ0v) is 17.7. The van der Waals surface area contributed by atoms with Crippen LogP contribution in [0.3, 0.4) is 0 Å². The van der Waals surface area contributed by atoms with Crippen molar-refractivity contribution in [3.63, 3.8) is 0 Å². The SMILES string of the molecule is Cc1sc(C(C(N)=O)c2cccc(O)c2)nc1-c1ccc2c(ccn2C(=O)C2CC2)c1. The van der Waals surface area contributed by atoms with Crippen LogP contribution in [0.4, 0.5) is 0 Å². The Balaban J connectivity index is 1.53. The van der Waals surface area contributed by atoms with Gasteiger partial charge in [0, 0.05) is 27.9 Å². The smallest absolute Gasteiger partial charge is 0.234 e. The van der Waals surface area contributed by atoms with Crippen molar-refractivity contribution in [2.45, 2.75) is 25.7 Å². The molecule has 7 heteroatoms. The lowest BCUT2D eigenvalue weighted by Crippen LogP contribution is -2.22. The number of amides is 1. The number of thiazole rings is 1. The molecule has 0 bridgehead atoms. The number of aromatic hydroxyl groups is 1. The van der Waals surface area contributed by atoms with Crippen molar-refractivity contribution in [3.8, 4) is 17.0 Å². The topological polar surface area (TPSA) is 98.2 Å². The van der Waals surface area contributed by atoms with E-state index in [1.54, 1.807) is 22.8 Å². The van der Waals surface area contributed by atoms with Gasteiger partial charge in [-0.2, -0.15) is 0 Å². The van der Waals surface area contributed by atoms with Gasteiger partial charge in [0.25, 0.3) is 0 Å². The van der Waals surface area contributed by atoms with E-state index in [-0.39, 0.29) is 17.6 Å². The predicted molar refractivity (Wildman–Crippen MR) is 120 cm³/mol. The highest BCUT2D eigenvalue weighted by molar-refractivity contribution is 7.12.